The van der Waals surface area contributed by atoms with Crippen molar-refractivity contribution in [3.63, 3.8) is 0 Å². The second-order valence-electron chi connectivity index (χ2n) is 5.88. The Morgan fingerprint density at radius 3 is 2.79 bits per heavy atom. The molecule has 0 spiro atoms. The lowest BCUT2D eigenvalue weighted by Gasteiger charge is -2.12. The minimum atomic E-state index is -0.00752. The van der Waals surface area contributed by atoms with E-state index in [9.17, 15) is 4.79 Å². The summed E-state index contributed by atoms with van der Waals surface area (Å²) < 4.78 is 3.37. The van der Waals surface area contributed by atoms with Crippen molar-refractivity contribution in [2.45, 2.75) is 39.7 Å². The molecule has 1 aromatic heterocycles. The minimum Gasteiger partial charge on any atom is -0.352 e. The number of aromatic nitrogens is 1. The smallest absolute Gasteiger partial charge is 0.251 e. The summed E-state index contributed by atoms with van der Waals surface area (Å²) in [7, 11) is 1.82. The molecule has 0 bridgehead atoms. The summed E-state index contributed by atoms with van der Waals surface area (Å²) in [5.74, 6) is -0.00752. The van der Waals surface area contributed by atoms with Crippen LogP contribution in [-0.4, -0.2) is 37.2 Å². The number of rotatable bonds is 8. The van der Waals surface area contributed by atoms with E-state index in [2.05, 4.69) is 41.0 Å². The summed E-state index contributed by atoms with van der Waals surface area (Å²) in [4.78, 5) is 17.7. The molecule has 1 aromatic carbocycles. The molecule has 0 aliphatic carbocycles. The van der Waals surface area contributed by atoms with Crippen LogP contribution in [-0.2, 0) is 0 Å². The van der Waals surface area contributed by atoms with E-state index in [-0.39, 0.29) is 5.91 Å². The molecule has 6 heteroatoms. The summed E-state index contributed by atoms with van der Waals surface area (Å²) in [6.07, 6.45) is 1.99. The molecule has 1 heterocycles. The van der Waals surface area contributed by atoms with Crippen LogP contribution in [0.3, 0.4) is 0 Å². The number of carbonyl (C=O) groups is 1. The lowest BCUT2D eigenvalue weighted by molar-refractivity contribution is 0.0953. The number of amides is 1. The number of thiazole rings is 1. The van der Waals surface area contributed by atoms with Crippen molar-refractivity contribution >= 4 is 27.5 Å². The molecule has 2 N–H and O–H groups in total. The fourth-order valence-electron chi connectivity index (χ4n) is 2.64. The van der Waals surface area contributed by atoms with Gasteiger partial charge in [0.2, 0.25) is 0 Å². The first-order valence-electron chi connectivity index (χ1n) is 8.69. The van der Waals surface area contributed by atoms with Crippen LogP contribution in [0.4, 0.5) is 0 Å². The molecule has 0 aliphatic rings. The SMILES string of the molecule is CCNCCCNC(=O)c1ccc2c(c1)s/c(=N/C)n2[C@@H](C)CC. The molecule has 1 atom stereocenters. The van der Waals surface area contributed by atoms with E-state index < -0.39 is 0 Å². The molecule has 0 saturated carbocycles. The van der Waals surface area contributed by atoms with Crippen molar-refractivity contribution in [1.82, 2.24) is 15.2 Å². The lowest BCUT2D eigenvalue weighted by atomic mass is 10.2. The first-order chi connectivity index (χ1) is 11.6. The Hall–Kier alpha value is -1.66. The summed E-state index contributed by atoms with van der Waals surface area (Å²) in [5, 5.41) is 6.24. The Morgan fingerprint density at radius 2 is 2.12 bits per heavy atom. The monoisotopic (exact) mass is 348 g/mol. The van der Waals surface area contributed by atoms with Crippen molar-refractivity contribution in [2.75, 3.05) is 26.7 Å². The molecule has 1 amide bonds. The van der Waals surface area contributed by atoms with Crippen LogP contribution >= 0.6 is 11.3 Å². The van der Waals surface area contributed by atoms with Gasteiger partial charge in [-0.15, -0.1) is 0 Å². The molecule has 0 radical (unpaired) electrons. The molecule has 2 aromatic rings. The highest BCUT2D eigenvalue weighted by Crippen LogP contribution is 2.23. The van der Waals surface area contributed by atoms with Gasteiger partial charge in [0, 0.05) is 25.2 Å². The molecule has 0 aliphatic heterocycles. The van der Waals surface area contributed by atoms with Gasteiger partial charge in [-0.3, -0.25) is 9.79 Å². The van der Waals surface area contributed by atoms with Gasteiger partial charge in [0.15, 0.2) is 4.80 Å². The van der Waals surface area contributed by atoms with Gasteiger partial charge in [-0.25, -0.2) is 0 Å². The number of fused-ring (bicyclic) bond motifs is 1. The van der Waals surface area contributed by atoms with E-state index in [1.54, 1.807) is 11.3 Å². The fraction of sp³-hybridized carbons (Fsp3) is 0.556. The molecule has 132 valence electrons. The largest absolute Gasteiger partial charge is 0.352 e. The van der Waals surface area contributed by atoms with Crippen LogP contribution in [0.15, 0.2) is 23.2 Å². The Kier molecular flexibility index (Phi) is 6.99. The van der Waals surface area contributed by atoms with Crippen LogP contribution in [0.25, 0.3) is 10.2 Å². The number of nitrogens with one attached hydrogen (secondary N) is 2. The van der Waals surface area contributed by atoms with Crippen molar-refractivity contribution in [3.05, 3.63) is 28.6 Å². The van der Waals surface area contributed by atoms with Gasteiger partial charge >= 0.3 is 0 Å². The number of carbonyl (C=O) groups excluding carboxylic acids is 1. The highest BCUT2D eigenvalue weighted by atomic mass is 32.1. The molecule has 0 fully saturated rings. The maximum Gasteiger partial charge on any atom is 0.251 e. The minimum absolute atomic E-state index is 0.00752. The zero-order chi connectivity index (χ0) is 17.5. The van der Waals surface area contributed by atoms with Crippen LogP contribution in [0, 0.1) is 0 Å². The lowest BCUT2D eigenvalue weighted by Crippen LogP contribution is -2.27. The van der Waals surface area contributed by atoms with E-state index in [0.29, 0.717) is 18.2 Å². The van der Waals surface area contributed by atoms with E-state index in [0.717, 1.165) is 40.9 Å². The predicted molar refractivity (Wildman–Crippen MR) is 102 cm³/mol. The normalized spacial score (nSPS) is 13.4. The molecule has 24 heavy (non-hydrogen) atoms. The Balaban J connectivity index is 2.18. The molecular weight excluding hydrogens is 320 g/mol. The molecular formula is C18H28N4OS. The van der Waals surface area contributed by atoms with Gasteiger partial charge in [-0.2, -0.15) is 0 Å². The van der Waals surface area contributed by atoms with E-state index >= 15 is 0 Å². The van der Waals surface area contributed by atoms with Crippen LogP contribution in [0.5, 0.6) is 0 Å². The topological polar surface area (TPSA) is 58.4 Å². The summed E-state index contributed by atoms with van der Waals surface area (Å²) in [5.41, 5.74) is 1.87. The van der Waals surface area contributed by atoms with Gasteiger partial charge in [0.25, 0.3) is 5.91 Å². The van der Waals surface area contributed by atoms with E-state index in [4.69, 9.17) is 0 Å². The van der Waals surface area contributed by atoms with Gasteiger partial charge < -0.3 is 15.2 Å². The van der Waals surface area contributed by atoms with Gasteiger partial charge in [0.05, 0.1) is 10.2 Å². The van der Waals surface area contributed by atoms with Gasteiger partial charge in [-0.1, -0.05) is 25.2 Å². The number of hydrogen-bond donors (Lipinski definition) is 2. The quantitative estimate of drug-likeness (QED) is 0.721. The first kappa shape index (κ1) is 18.7. The van der Waals surface area contributed by atoms with Crippen LogP contribution in [0.1, 0.15) is 50.0 Å². The van der Waals surface area contributed by atoms with Crippen molar-refractivity contribution < 1.29 is 4.79 Å². The Labute approximate surface area is 147 Å². The second kappa shape index (κ2) is 8.99. The molecule has 0 saturated heterocycles. The third-order valence-corrected chi connectivity index (χ3v) is 5.29. The standard InChI is InChI=1S/C18H28N4OS/c1-5-13(3)22-15-9-8-14(12-16(15)24-18(22)19-4)17(23)21-11-7-10-20-6-2/h8-9,12-13,20H,5-7,10-11H2,1-4H3,(H,21,23)/b19-18+/t13-/m0/s1. The zero-order valence-electron chi connectivity index (χ0n) is 15.1. The maximum atomic E-state index is 12.3. The molecule has 5 nitrogen and oxygen atoms in total. The summed E-state index contributed by atoms with van der Waals surface area (Å²) >= 11 is 1.64. The van der Waals surface area contributed by atoms with Gasteiger partial charge in [-0.05, 0) is 51.1 Å². The average molecular weight is 349 g/mol. The number of hydrogen-bond acceptors (Lipinski definition) is 4. The number of nitrogens with zero attached hydrogens (tertiary/aromatic N) is 2. The van der Waals surface area contributed by atoms with Gasteiger partial charge in [0.1, 0.15) is 0 Å². The average Bonchev–Trinajstić information content (AvgIpc) is 2.98. The number of benzene rings is 1. The molecule has 0 unspecified atom stereocenters. The van der Waals surface area contributed by atoms with Crippen molar-refractivity contribution in [3.8, 4) is 0 Å². The van der Waals surface area contributed by atoms with E-state index in [1.807, 2.05) is 25.2 Å². The van der Waals surface area contributed by atoms with Crippen LogP contribution < -0.4 is 15.4 Å². The maximum absolute atomic E-state index is 12.3. The predicted octanol–water partition coefficient (Wildman–Crippen LogP) is 2.93. The zero-order valence-corrected chi connectivity index (χ0v) is 15.9. The Morgan fingerprint density at radius 1 is 1.33 bits per heavy atom. The van der Waals surface area contributed by atoms with Crippen LogP contribution in [0.2, 0.25) is 0 Å². The third kappa shape index (κ3) is 4.24. The fourth-order valence-corrected chi connectivity index (χ4v) is 3.76. The van der Waals surface area contributed by atoms with E-state index in [1.165, 1.54) is 0 Å². The summed E-state index contributed by atoms with van der Waals surface area (Å²) in [6, 6.07) is 6.32. The third-order valence-electron chi connectivity index (χ3n) is 4.18. The highest BCUT2D eigenvalue weighted by molar-refractivity contribution is 7.16. The van der Waals surface area contributed by atoms with Crippen molar-refractivity contribution in [1.29, 1.82) is 0 Å². The first-order valence-corrected chi connectivity index (χ1v) is 9.50. The Bertz CT molecular complexity index is 747. The highest BCUT2D eigenvalue weighted by Gasteiger charge is 2.13. The summed E-state index contributed by atoms with van der Waals surface area (Å²) in [6.45, 7) is 9.04. The van der Waals surface area contributed by atoms with Crippen molar-refractivity contribution in [2.24, 2.45) is 4.99 Å². The molecule has 2 rings (SSSR count). The second-order valence-corrected chi connectivity index (χ2v) is 6.89.